The number of hydrogen-bond donors (Lipinski definition) is 2. The molecule has 0 aromatic carbocycles. The molecule has 88 valence electrons. The van der Waals surface area contributed by atoms with E-state index in [1.54, 1.807) is 12.4 Å². The Labute approximate surface area is 99.4 Å². The molecule has 17 heavy (non-hydrogen) atoms. The van der Waals surface area contributed by atoms with E-state index in [2.05, 4.69) is 25.3 Å². The van der Waals surface area contributed by atoms with Crippen molar-refractivity contribution < 1.29 is 0 Å². The summed E-state index contributed by atoms with van der Waals surface area (Å²) in [5.74, 6) is 0.958. The predicted molar refractivity (Wildman–Crippen MR) is 65.3 cm³/mol. The second-order valence-corrected chi connectivity index (χ2v) is 3.76. The number of rotatable bonds is 3. The first-order valence-corrected chi connectivity index (χ1v) is 5.26. The molecule has 2 aromatic heterocycles. The van der Waals surface area contributed by atoms with Crippen LogP contribution in [0.3, 0.4) is 0 Å². The van der Waals surface area contributed by atoms with Gasteiger partial charge < -0.3 is 11.1 Å². The summed E-state index contributed by atoms with van der Waals surface area (Å²) in [5.41, 5.74) is 8.14. The highest BCUT2D eigenvalue weighted by molar-refractivity contribution is 5.40. The molecule has 3 N–H and O–H groups in total. The molecule has 0 atom stereocenters. The molecule has 0 aliphatic heterocycles. The Bertz CT molecular complexity index is 488. The van der Waals surface area contributed by atoms with Gasteiger partial charge in [-0.25, -0.2) is 4.98 Å². The number of nitrogen functional groups attached to an aromatic ring is 1. The van der Waals surface area contributed by atoms with E-state index in [4.69, 9.17) is 5.73 Å². The summed E-state index contributed by atoms with van der Waals surface area (Å²) in [7, 11) is 0. The van der Waals surface area contributed by atoms with Gasteiger partial charge in [-0.2, -0.15) is 4.98 Å². The first-order chi connectivity index (χ1) is 8.13. The lowest BCUT2D eigenvalue weighted by Gasteiger charge is -2.06. The summed E-state index contributed by atoms with van der Waals surface area (Å²) in [5, 5.41) is 3.13. The van der Waals surface area contributed by atoms with E-state index in [-0.39, 0.29) is 5.95 Å². The van der Waals surface area contributed by atoms with Gasteiger partial charge >= 0.3 is 0 Å². The van der Waals surface area contributed by atoms with Crippen molar-refractivity contribution in [1.82, 2.24) is 19.9 Å². The zero-order valence-corrected chi connectivity index (χ0v) is 9.81. The van der Waals surface area contributed by atoms with Crippen molar-refractivity contribution in [3.63, 3.8) is 0 Å². The summed E-state index contributed by atoms with van der Waals surface area (Å²) in [6, 6.07) is 1.83. The Morgan fingerprint density at radius 1 is 1.12 bits per heavy atom. The SMILES string of the molecule is Cc1cnc(CNc2cc(C)nc(N)n2)cn1. The lowest BCUT2D eigenvalue weighted by molar-refractivity contribution is 0.971. The lowest BCUT2D eigenvalue weighted by Crippen LogP contribution is -2.06. The molecule has 0 unspecified atom stereocenters. The van der Waals surface area contributed by atoms with E-state index in [9.17, 15) is 0 Å². The highest BCUT2D eigenvalue weighted by atomic mass is 15.1. The number of nitrogens with two attached hydrogens (primary N) is 1. The number of anilines is 2. The van der Waals surface area contributed by atoms with Crippen LogP contribution in [0.5, 0.6) is 0 Å². The predicted octanol–water partition coefficient (Wildman–Crippen LogP) is 1.08. The Morgan fingerprint density at radius 3 is 2.59 bits per heavy atom. The maximum Gasteiger partial charge on any atom is 0.222 e. The molecule has 2 aromatic rings. The fourth-order valence-electron chi connectivity index (χ4n) is 1.37. The molecule has 0 saturated carbocycles. The maximum atomic E-state index is 5.56. The van der Waals surface area contributed by atoms with Crippen LogP contribution in [-0.4, -0.2) is 19.9 Å². The minimum atomic E-state index is 0.266. The third-order valence-electron chi connectivity index (χ3n) is 2.16. The lowest BCUT2D eigenvalue weighted by atomic mass is 10.4. The molecule has 6 heteroatoms. The van der Waals surface area contributed by atoms with E-state index in [1.165, 1.54) is 0 Å². The minimum Gasteiger partial charge on any atom is -0.368 e. The van der Waals surface area contributed by atoms with Gasteiger partial charge in [0.1, 0.15) is 5.82 Å². The molecule has 0 radical (unpaired) electrons. The number of nitrogens with one attached hydrogen (secondary N) is 1. The van der Waals surface area contributed by atoms with Gasteiger partial charge in [0.25, 0.3) is 0 Å². The highest BCUT2D eigenvalue weighted by Crippen LogP contribution is 2.08. The van der Waals surface area contributed by atoms with Crippen molar-refractivity contribution in [2.45, 2.75) is 20.4 Å². The van der Waals surface area contributed by atoms with Gasteiger partial charge in [-0.1, -0.05) is 0 Å². The van der Waals surface area contributed by atoms with Gasteiger partial charge in [0.05, 0.1) is 24.1 Å². The smallest absolute Gasteiger partial charge is 0.222 e. The van der Waals surface area contributed by atoms with Gasteiger partial charge in [0, 0.05) is 18.0 Å². The van der Waals surface area contributed by atoms with Crippen LogP contribution in [-0.2, 0) is 6.54 Å². The summed E-state index contributed by atoms with van der Waals surface area (Å²) in [6.07, 6.45) is 3.47. The van der Waals surface area contributed by atoms with Gasteiger partial charge in [0.15, 0.2) is 0 Å². The summed E-state index contributed by atoms with van der Waals surface area (Å²) in [4.78, 5) is 16.5. The van der Waals surface area contributed by atoms with Crippen molar-refractivity contribution in [2.75, 3.05) is 11.1 Å². The third kappa shape index (κ3) is 3.10. The first kappa shape index (κ1) is 11.3. The van der Waals surface area contributed by atoms with Crippen LogP contribution in [0.15, 0.2) is 18.5 Å². The van der Waals surface area contributed by atoms with E-state index in [0.717, 1.165) is 17.1 Å². The Balaban J connectivity index is 2.04. The van der Waals surface area contributed by atoms with Crippen molar-refractivity contribution in [1.29, 1.82) is 0 Å². The van der Waals surface area contributed by atoms with Crippen LogP contribution in [0.4, 0.5) is 11.8 Å². The summed E-state index contributed by atoms with van der Waals surface area (Å²) < 4.78 is 0. The Kier molecular flexibility index (Phi) is 3.13. The summed E-state index contributed by atoms with van der Waals surface area (Å²) >= 11 is 0. The van der Waals surface area contributed by atoms with Gasteiger partial charge in [-0.3, -0.25) is 9.97 Å². The first-order valence-electron chi connectivity index (χ1n) is 5.26. The largest absolute Gasteiger partial charge is 0.368 e. The molecule has 2 rings (SSSR count). The molecular formula is C11H14N6. The topological polar surface area (TPSA) is 89.6 Å². The molecule has 0 fully saturated rings. The second-order valence-electron chi connectivity index (χ2n) is 3.76. The molecular weight excluding hydrogens is 216 g/mol. The second kappa shape index (κ2) is 4.73. The quantitative estimate of drug-likeness (QED) is 0.820. The highest BCUT2D eigenvalue weighted by Gasteiger charge is 2.00. The van der Waals surface area contributed by atoms with Crippen LogP contribution in [0.2, 0.25) is 0 Å². The average molecular weight is 230 g/mol. The van der Waals surface area contributed by atoms with Crippen LogP contribution >= 0.6 is 0 Å². The van der Waals surface area contributed by atoms with Crippen LogP contribution in [0.25, 0.3) is 0 Å². The number of aromatic nitrogens is 4. The molecule has 0 amide bonds. The van der Waals surface area contributed by atoms with Crippen molar-refractivity contribution in [2.24, 2.45) is 0 Å². The van der Waals surface area contributed by atoms with Crippen molar-refractivity contribution >= 4 is 11.8 Å². The van der Waals surface area contributed by atoms with E-state index < -0.39 is 0 Å². The van der Waals surface area contributed by atoms with Gasteiger partial charge in [-0.15, -0.1) is 0 Å². The fraction of sp³-hybridized carbons (Fsp3) is 0.273. The number of aryl methyl sites for hydroxylation is 2. The normalized spacial score (nSPS) is 10.2. The third-order valence-corrected chi connectivity index (χ3v) is 2.16. The molecule has 0 bridgehead atoms. The maximum absolute atomic E-state index is 5.56. The Hall–Kier alpha value is -2.24. The molecule has 0 aliphatic rings. The number of hydrogen-bond acceptors (Lipinski definition) is 6. The molecule has 0 aliphatic carbocycles. The van der Waals surface area contributed by atoms with E-state index >= 15 is 0 Å². The zero-order valence-electron chi connectivity index (χ0n) is 9.81. The zero-order chi connectivity index (χ0) is 12.3. The monoisotopic (exact) mass is 230 g/mol. The molecule has 2 heterocycles. The number of nitrogens with zero attached hydrogens (tertiary/aromatic N) is 4. The van der Waals surface area contributed by atoms with Gasteiger partial charge in [0.2, 0.25) is 5.95 Å². The van der Waals surface area contributed by atoms with E-state index in [0.29, 0.717) is 12.4 Å². The van der Waals surface area contributed by atoms with Crippen LogP contribution < -0.4 is 11.1 Å². The van der Waals surface area contributed by atoms with Crippen molar-refractivity contribution in [3.05, 3.63) is 35.5 Å². The molecule has 0 saturated heterocycles. The molecule has 6 nitrogen and oxygen atoms in total. The average Bonchev–Trinajstić information content (AvgIpc) is 2.27. The van der Waals surface area contributed by atoms with E-state index in [1.807, 2.05) is 19.9 Å². The standard InChI is InChI=1S/C11H14N6/c1-7-3-10(17-11(12)16-7)15-6-9-5-13-8(2)4-14-9/h3-5H,6H2,1-2H3,(H3,12,15,16,17). The van der Waals surface area contributed by atoms with Crippen molar-refractivity contribution in [3.8, 4) is 0 Å². The molecule has 0 spiro atoms. The summed E-state index contributed by atoms with van der Waals surface area (Å²) in [6.45, 7) is 4.33. The van der Waals surface area contributed by atoms with Gasteiger partial charge in [-0.05, 0) is 13.8 Å². The van der Waals surface area contributed by atoms with Crippen LogP contribution in [0.1, 0.15) is 17.1 Å². The van der Waals surface area contributed by atoms with Crippen LogP contribution in [0, 0.1) is 13.8 Å². The minimum absolute atomic E-state index is 0.266. The fourth-order valence-corrected chi connectivity index (χ4v) is 1.37. The Morgan fingerprint density at radius 2 is 1.94 bits per heavy atom.